The van der Waals surface area contributed by atoms with E-state index in [1.165, 1.54) is 0 Å². The smallest absolute Gasteiger partial charge is 0.323 e. The summed E-state index contributed by atoms with van der Waals surface area (Å²) >= 11 is 0. The Labute approximate surface area is 94.9 Å². The lowest BCUT2D eigenvalue weighted by molar-refractivity contribution is -0.144. The summed E-state index contributed by atoms with van der Waals surface area (Å²) in [6.07, 6.45) is 3.84. The van der Waals surface area contributed by atoms with E-state index in [4.69, 9.17) is 5.11 Å². The van der Waals surface area contributed by atoms with Crippen molar-refractivity contribution in [3.63, 3.8) is 0 Å². The molecule has 16 heavy (non-hydrogen) atoms. The van der Waals surface area contributed by atoms with Gasteiger partial charge < -0.3 is 5.11 Å². The van der Waals surface area contributed by atoms with Crippen molar-refractivity contribution in [1.29, 1.82) is 0 Å². The first-order chi connectivity index (χ1) is 7.48. The first kappa shape index (κ1) is 12.6. The van der Waals surface area contributed by atoms with Gasteiger partial charge in [-0.2, -0.15) is 0 Å². The van der Waals surface area contributed by atoms with Crippen molar-refractivity contribution in [2.45, 2.75) is 39.3 Å². The Balaban J connectivity index is 2.63. The molecule has 0 radical (unpaired) electrons. The van der Waals surface area contributed by atoms with Crippen LogP contribution in [-0.4, -0.2) is 26.6 Å². The second-order valence-corrected chi connectivity index (χ2v) is 3.99. The molecule has 0 amide bonds. The van der Waals surface area contributed by atoms with Gasteiger partial charge in [0, 0.05) is 18.9 Å². The van der Waals surface area contributed by atoms with E-state index in [0.29, 0.717) is 13.0 Å². The summed E-state index contributed by atoms with van der Waals surface area (Å²) in [6, 6.07) is 0. The van der Waals surface area contributed by atoms with Gasteiger partial charge in [-0.25, -0.2) is 0 Å². The maximum absolute atomic E-state index is 11.0. The summed E-state index contributed by atoms with van der Waals surface area (Å²) in [6.45, 7) is 5.76. The van der Waals surface area contributed by atoms with Crippen molar-refractivity contribution in [2.75, 3.05) is 0 Å². The van der Waals surface area contributed by atoms with E-state index in [0.717, 1.165) is 11.4 Å². The second-order valence-electron chi connectivity index (χ2n) is 3.99. The quantitative estimate of drug-likeness (QED) is 0.782. The number of nitrogens with one attached hydrogen (secondary N) is 1. The van der Waals surface area contributed by atoms with Crippen LogP contribution >= 0.6 is 0 Å². The first-order valence-corrected chi connectivity index (χ1v) is 5.24. The standard InChI is InChI=1S/C11H17N3O2/c1-4-11(3,10(15)16)14-7-9-6-12-8(2)5-13-9/h5-6,14H,4,7H2,1-3H3,(H,15,16). The zero-order chi connectivity index (χ0) is 12.2. The summed E-state index contributed by atoms with van der Waals surface area (Å²) < 4.78 is 0. The molecule has 0 saturated carbocycles. The van der Waals surface area contributed by atoms with Crippen LogP contribution < -0.4 is 5.32 Å². The van der Waals surface area contributed by atoms with Crippen LogP contribution in [0.25, 0.3) is 0 Å². The van der Waals surface area contributed by atoms with E-state index in [-0.39, 0.29) is 0 Å². The van der Waals surface area contributed by atoms with Gasteiger partial charge in [-0.15, -0.1) is 0 Å². The van der Waals surface area contributed by atoms with Crippen LogP contribution in [0.4, 0.5) is 0 Å². The lowest BCUT2D eigenvalue weighted by Gasteiger charge is -2.24. The third-order valence-corrected chi connectivity index (χ3v) is 2.67. The summed E-state index contributed by atoms with van der Waals surface area (Å²) in [4.78, 5) is 19.3. The van der Waals surface area contributed by atoms with Crippen LogP contribution in [0.15, 0.2) is 12.4 Å². The average Bonchev–Trinajstić information content (AvgIpc) is 2.27. The van der Waals surface area contributed by atoms with Crippen molar-refractivity contribution >= 4 is 5.97 Å². The Kier molecular flexibility index (Phi) is 3.95. The highest BCUT2D eigenvalue weighted by atomic mass is 16.4. The van der Waals surface area contributed by atoms with Gasteiger partial charge in [-0.3, -0.25) is 20.1 Å². The zero-order valence-corrected chi connectivity index (χ0v) is 9.82. The van der Waals surface area contributed by atoms with Gasteiger partial charge in [0.15, 0.2) is 0 Å². The monoisotopic (exact) mass is 223 g/mol. The van der Waals surface area contributed by atoms with Crippen molar-refractivity contribution in [1.82, 2.24) is 15.3 Å². The number of aryl methyl sites for hydroxylation is 1. The highest BCUT2D eigenvalue weighted by molar-refractivity contribution is 5.78. The second kappa shape index (κ2) is 5.03. The molecule has 5 nitrogen and oxygen atoms in total. The molecule has 88 valence electrons. The molecule has 1 aromatic heterocycles. The summed E-state index contributed by atoms with van der Waals surface area (Å²) in [7, 11) is 0. The molecule has 0 bridgehead atoms. The third-order valence-electron chi connectivity index (χ3n) is 2.67. The van der Waals surface area contributed by atoms with Gasteiger partial charge in [0.25, 0.3) is 0 Å². The molecule has 1 aromatic rings. The number of hydrogen-bond acceptors (Lipinski definition) is 4. The fourth-order valence-electron chi connectivity index (χ4n) is 1.15. The number of hydrogen-bond donors (Lipinski definition) is 2. The minimum atomic E-state index is -0.910. The minimum Gasteiger partial charge on any atom is -0.480 e. The van der Waals surface area contributed by atoms with Gasteiger partial charge in [0.1, 0.15) is 5.54 Å². The van der Waals surface area contributed by atoms with Gasteiger partial charge in [0.05, 0.1) is 11.4 Å². The van der Waals surface area contributed by atoms with Crippen LogP contribution in [0.1, 0.15) is 31.7 Å². The van der Waals surface area contributed by atoms with E-state index < -0.39 is 11.5 Å². The Bertz CT molecular complexity index is 364. The molecule has 0 saturated heterocycles. The fourth-order valence-corrected chi connectivity index (χ4v) is 1.15. The number of carbonyl (C=O) groups is 1. The van der Waals surface area contributed by atoms with Gasteiger partial charge in [0.2, 0.25) is 0 Å². The van der Waals surface area contributed by atoms with Crippen LogP contribution in [0, 0.1) is 6.92 Å². The molecule has 0 spiro atoms. The molecule has 2 N–H and O–H groups in total. The maximum atomic E-state index is 11.0. The minimum absolute atomic E-state index is 0.407. The number of rotatable bonds is 5. The van der Waals surface area contributed by atoms with Gasteiger partial charge >= 0.3 is 5.97 Å². The molecule has 1 rings (SSSR count). The highest BCUT2D eigenvalue weighted by Gasteiger charge is 2.30. The molecule has 0 aliphatic heterocycles. The summed E-state index contributed by atoms with van der Waals surface area (Å²) in [5.41, 5.74) is 0.679. The van der Waals surface area contributed by atoms with Crippen LogP contribution in [0.3, 0.4) is 0 Å². The summed E-state index contributed by atoms with van der Waals surface area (Å²) in [5.74, 6) is -0.852. The van der Waals surface area contributed by atoms with Gasteiger partial charge in [-0.1, -0.05) is 6.92 Å². The number of carboxylic acid groups (broad SMARTS) is 1. The van der Waals surface area contributed by atoms with E-state index in [9.17, 15) is 4.79 Å². The number of nitrogens with zero attached hydrogens (tertiary/aromatic N) is 2. The maximum Gasteiger partial charge on any atom is 0.323 e. The van der Waals surface area contributed by atoms with Crippen molar-refractivity contribution in [2.24, 2.45) is 0 Å². The summed E-state index contributed by atoms with van der Waals surface area (Å²) in [5, 5.41) is 12.0. The van der Waals surface area contributed by atoms with E-state index in [2.05, 4.69) is 15.3 Å². The van der Waals surface area contributed by atoms with Crippen LogP contribution in [0.5, 0.6) is 0 Å². The lowest BCUT2D eigenvalue weighted by Crippen LogP contribution is -2.48. The largest absolute Gasteiger partial charge is 0.480 e. The topological polar surface area (TPSA) is 75.1 Å². The lowest BCUT2D eigenvalue weighted by atomic mass is 9.99. The highest BCUT2D eigenvalue weighted by Crippen LogP contribution is 2.10. The number of aromatic nitrogens is 2. The number of aliphatic carboxylic acids is 1. The molecule has 1 heterocycles. The predicted octanol–water partition coefficient (Wildman–Crippen LogP) is 1.13. The SMILES string of the molecule is CCC(C)(NCc1cnc(C)cn1)C(=O)O. The predicted molar refractivity (Wildman–Crippen MR) is 59.9 cm³/mol. The molecule has 1 atom stereocenters. The Morgan fingerprint density at radius 1 is 1.50 bits per heavy atom. The Morgan fingerprint density at radius 3 is 2.62 bits per heavy atom. The number of carboxylic acids is 1. The van der Waals surface area contributed by atoms with Crippen molar-refractivity contribution in [3.05, 3.63) is 23.8 Å². The molecular formula is C11H17N3O2. The Hall–Kier alpha value is -1.49. The average molecular weight is 223 g/mol. The third kappa shape index (κ3) is 3.00. The normalized spacial score (nSPS) is 14.4. The molecule has 1 unspecified atom stereocenters. The van der Waals surface area contributed by atoms with Crippen LogP contribution in [-0.2, 0) is 11.3 Å². The molecule has 0 fully saturated rings. The van der Waals surface area contributed by atoms with E-state index in [1.807, 2.05) is 13.8 Å². The molecular weight excluding hydrogens is 206 g/mol. The zero-order valence-electron chi connectivity index (χ0n) is 9.82. The Morgan fingerprint density at radius 2 is 2.19 bits per heavy atom. The molecule has 0 aliphatic carbocycles. The van der Waals surface area contributed by atoms with Crippen LogP contribution in [0.2, 0.25) is 0 Å². The van der Waals surface area contributed by atoms with Crippen molar-refractivity contribution in [3.8, 4) is 0 Å². The first-order valence-electron chi connectivity index (χ1n) is 5.24. The molecule has 0 aromatic carbocycles. The van der Waals surface area contributed by atoms with E-state index in [1.54, 1.807) is 19.3 Å². The van der Waals surface area contributed by atoms with Crippen molar-refractivity contribution < 1.29 is 9.90 Å². The fraction of sp³-hybridized carbons (Fsp3) is 0.545. The molecule has 5 heteroatoms. The molecule has 0 aliphatic rings. The van der Waals surface area contributed by atoms with Gasteiger partial charge in [-0.05, 0) is 20.3 Å². The van der Waals surface area contributed by atoms with E-state index >= 15 is 0 Å².